The molecule has 0 saturated heterocycles. The summed E-state index contributed by atoms with van der Waals surface area (Å²) in [6.45, 7) is 0. The normalized spacial score (nSPS) is 12.4. The lowest BCUT2D eigenvalue weighted by Crippen LogP contribution is -1.97. The molecular formula is C68H38N4. The van der Waals surface area contributed by atoms with Gasteiger partial charge in [-0.2, -0.15) is 0 Å². The fraction of sp³-hybridized carbons (Fsp3) is 0. The molecular weight excluding hydrogens is 873 g/mol. The summed E-state index contributed by atoms with van der Waals surface area (Å²) in [6.07, 6.45) is 3.87. The van der Waals surface area contributed by atoms with Crippen molar-refractivity contribution in [1.29, 1.82) is 0 Å². The molecule has 330 valence electrons. The second-order valence-corrected chi connectivity index (χ2v) is 19.6. The van der Waals surface area contributed by atoms with Gasteiger partial charge >= 0.3 is 0 Å². The summed E-state index contributed by atoms with van der Waals surface area (Å²) in [5.74, 6) is 0. The average Bonchev–Trinajstić information content (AvgIpc) is 3.92. The van der Waals surface area contributed by atoms with E-state index >= 15 is 0 Å². The average molecular weight is 911 g/mol. The third-order valence-corrected chi connectivity index (χ3v) is 16.0. The molecule has 0 fully saturated rings. The standard InChI is InChI=1S/C68H38N4/c1-2-11-39(12-3-1)43-15-6-18-48(35-43)72-58-32-27-42-14-8-22-53-54-36-44(25-30-51(54)56-38-46-17-10-34-70-66(46)68(72)62(56)64(58)60(42)53)40-23-28-47(29-24-40)71-57-31-26-41-13-7-21-52-49-19-4-5-20-50(49)55-37-45-16-9-33-69-65(45)67(71)61(55)63(57)59(41)52/h1-38H. The summed E-state index contributed by atoms with van der Waals surface area (Å²) >= 11 is 0. The molecule has 15 aromatic rings. The van der Waals surface area contributed by atoms with Crippen LogP contribution in [-0.4, -0.2) is 19.1 Å². The first-order chi connectivity index (χ1) is 35.7. The molecule has 0 unspecified atom stereocenters. The SMILES string of the molecule is c1ccc(-c2cccc(-n3c4ccc5cccc6c5c4c4c(cc5cccnc5c43)-c3ccc(-c4ccc(-n5c7ccc8cccc9c8c7c7c(cc8cccnc8c75)-c5ccccc5-9)cc4)cc3-6)c2)cc1. The van der Waals surface area contributed by atoms with Crippen molar-refractivity contribution in [3.63, 3.8) is 0 Å². The third kappa shape index (κ3) is 4.99. The zero-order valence-electron chi connectivity index (χ0n) is 38.7. The highest BCUT2D eigenvalue weighted by Crippen LogP contribution is 2.54. The summed E-state index contributed by atoms with van der Waals surface area (Å²) < 4.78 is 4.94. The molecule has 0 atom stereocenters. The van der Waals surface area contributed by atoms with E-state index in [4.69, 9.17) is 9.97 Å². The molecule has 0 saturated carbocycles. The summed E-state index contributed by atoms with van der Waals surface area (Å²) in [5, 5.41) is 12.4. The second kappa shape index (κ2) is 14.0. The maximum Gasteiger partial charge on any atom is 0.0949 e. The summed E-state index contributed by atoms with van der Waals surface area (Å²) in [4.78, 5) is 10.2. The molecule has 2 aliphatic carbocycles. The van der Waals surface area contributed by atoms with Crippen molar-refractivity contribution in [3.05, 3.63) is 231 Å². The molecule has 0 aliphatic heterocycles. The predicted molar refractivity (Wildman–Crippen MR) is 300 cm³/mol. The van der Waals surface area contributed by atoms with Crippen LogP contribution in [0.3, 0.4) is 0 Å². The smallest absolute Gasteiger partial charge is 0.0949 e. The lowest BCUT2D eigenvalue weighted by Gasteiger charge is -2.17. The van der Waals surface area contributed by atoms with Crippen LogP contribution in [0.4, 0.5) is 0 Å². The number of aromatic nitrogens is 4. The maximum atomic E-state index is 5.13. The largest absolute Gasteiger partial charge is 0.307 e. The molecule has 4 heterocycles. The minimum atomic E-state index is 1.00. The molecule has 4 aromatic heterocycles. The van der Waals surface area contributed by atoms with Gasteiger partial charge in [0.2, 0.25) is 0 Å². The predicted octanol–water partition coefficient (Wildman–Crippen LogP) is 17.9. The number of benzene rings is 11. The quantitative estimate of drug-likeness (QED) is 0.176. The first-order valence-electron chi connectivity index (χ1n) is 24.8. The number of nitrogens with zero attached hydrogens (tertiary/aromatic N) is 4. The van der Waals surface area contributed by atoms with E-state index in [1.807, 2.05) is 12.4 Å². The number of rotatable bonds is 4. The molecule has 72 heavy (non-hydrogen) atoms. The highest BCUT2D eigenvalue weighted by atomic mass is 15.0. The third-order valence-electron chi connectivity index (χ3n) is 16.0. The molecule has 0 bridgehead atoms. The molecule has 17 rings (SSSR count). The van der Waals surface area contributed by atoms with Gasteiger partial charge in [-0.05, 0) is 155 Å². The highest BCUT2D eigenvalue weighted by molar-refractivity contribution is 6.35. The summed E-state index contributed by atoms with van der Waals surface area (Å²) in [6, 6.07) is 81.0. The fourth-order valence-corrected chi connectivity index (χ4v) is 13.0. The minimum Gasteiger partial charge on any atom is -0.307 e. The molecule has 4 heteroatoms. The number of fused-ring (bicyclic) bond motifs is 10. The van der Waals surface area contributed by atoms with Crippen LogP contribution in [0.15, 0.2) is 231 Å². The molecule has 0 amide bonds. The Labute approximate surface area is 412 Å². The summed E-state index contributed by atoms with van der Waals surface area (Å²) in [5.41, 5.74) is 23.6. The van der Waals surface area contributed by atoms with Crippen molar-refractivity contribution in [3.8, 4) is 78.1 Å². The number of hydrogen-bond donors (Lipinski definition) is 0. The van der Waals surface area contributed by atoms with Crippen LogP contribution in [0.2, 0.25) is 0 Å². The molecule has 0 radical (unpaired) electrons. The van der Waals surface area contributed by atoms with Gasteiger partial charge in [0.1, 0.15) is 0 Å². The Hall–Kier alpha value is -9.64. The zero-order valence-corrected chi connectivity index (χ0v) is 38.7. The molecule has 2 aliphatic rings. The Morgan fingerprint density at radius 3 is 1.39 bits per heavy atom. The Balaban J connectivity index is 0.879. The van der Waals surface area contributed by atoms with Crippen LogP contribution in [0, 0.1) is 0 Å². The lowest BCUT2D eigenvalue weighted by molar-refractivity contribution is 1.18. The van der Waals surface area contributed by atoms with Gasteiger partial charge in [-0.1, -0.05) is 152 Å². The minimum absolute atomic E-state index is 1.00. The Kier molecular flexibility index (Phi) is 7.44. The molecule has 0 N–H and O–H groups in total. The van der Waals surface area contributed by atoms with Gasteiger partial charge in [-0.15, -0.1) is 0 Å². The van der Waals surface area contributed by atoms with Crippen molar-refractivity contribution in [1.82, 2.24) is 19.1 Å². The van der Waals surface area contributed by atoms with E-state index in [9.17, 15) is 0 Å². The van der Waals surface area contributed by atoms with Gasteiger partial charge in [0.25, 0.3) is 0 Å². The Morgan fingerprint density at radius 2 is 0.736 bits per heavy atom. The van der Waals surface area contributed by atoms with Gasteiger partial charge < -0.3 is 9.13 Å². The van der Waals surface area contributed by atoms with Crippen LogP contribution >= 0.6 is 0 Å². The topological polar surface area (TPSA) is 35.6 Å². The zero-order chi connectivity index (χ0) is 46.8. The first-order valence-corrected chi connectivity index (χ1v) is 24.8. The Morgan fingerprint density at radius 1 is 0.250 bits per heavy atom. The monoisotopic (exact) mass is 910 g/mol. The van der Waals surface area contributed by atoms with Crippen molar-refractivity contribution < 1.29 is 0 Å². The maximum absolute atomic E-state index is 5.13. The van der Waals surface area contributed by atoms with Crippen LogP contribution in [0.25, 0.3) is 165 Å². The van der Waals surface area contributed by atoms with Crippen LogP contribution in [0.5, 0.6) is 0 Å². The van der Waals surface area contributed by atoms with Gasteiger partial charge in [0.15, 0.2) is 0 Å². The van der Waals surface area contributed by atoms with Gasteiger partial charge in [-0.3, -0.25) is 9.97 Å². The van der Waals surface area contributed by atoms with Gasteiger partial charge in [0, 0.05) is 56.1 Å². The second-order valence-electron chi connectivity index (χ2n) is 19.6. The van der Waals surface area contributed by atoms with E-state index in [1.165, 1.54) is 121 Å². The summed E-state index contributed by atoms with van der Waals surface area (Å²) in [7, 11) is 0. The van der Waals surface area contributed by atoms with E-state index in [0.29, 0.717) is 0 Å². The number of hydrogen-bond acceptors (Lipinski definition) is 2. The van der Waals surface area contributed by atoms with E-state index < -0.39 is 0 Å². The Bertz CT molecular complexity index is 4900. The van der Waals surface area contributed by atoms with E-state index in [2.05, 4.69) is 228 Å². The fourth-order valence-electron chi connectivity index (χ4n) is 13.0. The molecule has 0 spiro atoms. The van der Waals surface area contributed by atoms with E-state index in [0.717, 1.165) is 44.2 Å². The van der Waals surface area contributed by atoms with Crippen molar-refractivity contribution in [2.75, 3.05) is 0 Å². The van der Waals surface area contributed by atoms with Crippen LogP contribution in [0.1, 0.15) is 0 Å². The van der Waals surface area contributed by atoms with Crippen molar-refractivity contribution in [2.45, 2.75) is 0 Å². The lowest BCUT2D eigenvalue weighted by atomic mass is 9.90. The van der Waals surface area contributed by atoms with Gasteiger partial charge in [-0.25, -0.2) is 0 Å². The first kappa shape index (κ1) is 38.2. The van der Waals surface area contributed by atoms with Gasteiger partial charge in [0.05, 0.1) is 33.1 Å². The van der Waals surface area contributed by atoms with E-state index in [-0.39, 0.29) is 0 Å². The molecule has 11 aromatic carbocycles. The van der Waals surface area contributed by atoms with Crippen LogP contribution in [-0.2, 0) is 0 Å². The van der Waals surface area contributed by atoms with Crippen LogP contribution < -0.4 is 0 Å². The highest BCUT2D eigenvalue weighted by Gasteiger charge is 2.29. The van der Waals surface area contributed by atoms with Crippen molar-refractivity contribution in [2.24, 2.45) is 0 Å². The molecule has 4 nitrogen and oxygen atoms in total. The number of pyridine rings is 2. The van der Waals surface area contributed by atoms with E-state index in [1.54, 1.807) is 0 Å². The van der Waals surface area contributed by atoms with Crippen molar-refractivity contribution >= 4 is 87.0 Å².